The summed E-state index contributed by atoms with van der Waals surface area (Å²) in [4.78, 5) is 2.57. The first-order valence-electron chi connectivity index (χ1n) is 7.72. The monoisotopic (exact) mass is 255 g/mol. The van der Waals surface area contributed by atoms with E-state index in [0.29, 0.717) is 12.6 Å². The van der Waals surface area contributed by atoms with Crippen LogP contribution in [0.1, 0.15) is 51.9 Å². The average Bonchev–Trinajstić information content (AvgIpc) is 2.66. The SMILES string of the molecule is CCC1COCCN1CC1(CO)CCCCCC1. The minimum atomic E-state index is 0.168. The number of aliphatic hydroxyl groups excluding tert-OH is 1. The fraction of sp³-hybridized carbons (Fsp3) is 1.00. The summed E-state index contributed by atoms with van der Waals surface area (Å²) in [6.07, 6.45) is 8.85. The van der Waals surface area contributed by atoms with E-state index in [0.717, 1.165) is 32.7 Å². The highest BCUT2D eigenvalue weighted by atomic mass is 16.5. The summed E-state index contributed by atoms with van der Waals surface area (Å²) in [6.45, 7) is 6.45. The van der Waals surface area contributed by atoms with Crippen LogP contribution >= 0.6 is 0 Å². The molecule has 0 radical (unpaired) electrons. The molecule has 0 bridgehead atoms. The lowest BCUT2D eigenvalue weighted by molar-refractivity contribution is -0.0412. The van der Waals surface area contributed by atoms with Gasteiger partial charge in [0.05, 0.1) is 13.2 Å². The van der Waals surface area contributed by atoms with Crippen molar-refractivity contribution in [2.24, 2.45) is 5.41 Å². The molecule has 1 aliphatic carbocycles. The Morgan fingerprint density at radius 3 is 2.56 bits per heavy atom. The molecule has 1 heterocycles. The van der Waals surface area contributed by atoms with E-state index in [1.54, 1.807) is 0 Å². The zero-order valence-electron chi connectivity index (χ0n) is 11.9. The van der Waals surface area contributed by atoms with Crippen LogP contribution in [0.25, 0.3) is 0 Å². The number of hydrogen-bond acceptors (Lipinski definition) is 3. The molecular formula is C15H29NO2. The Bertz CT molecular complexity index is 237. The summed E-state index contributed by atoms with van der Waals surface area (Å²) < 4.78 is 5.58. The van der Waals surface area contributed by atoms with Gasteiger partial charge in [0.25, 0.3) is 0 Å². The van der Waals surface area contributed by atoms with Crippen LogP contribution in [0.5, 0.6) is 0 Å². The van der Waals surface area contributed by atoms with Crippen molar-refractivity contribution in [3.63, 3.8) is 0 Å². The summed E-state index contributed by atoms with van der Waals surface area (Å²) in [7, 11) is 0. The van der Waals surface area contributed by atoms with Gasteiger partial charge in [-0.05, 0) is 19.3 Å². The summed E-state index contributed by atoms with van der Waals surface area (Å²) in [5, 5.41) is 9.90. The third-order valence-corrected chi connectivity index (χ3v) is 4.86. The molecule has 2 rings (SSSR count). The van der Waals surface area contributed by atoms with Gasteiger partial charge in [-0.2, -0.15) is 0 Å². The van der Waals surface area contributed by atoms with Crippen LogP contribution in [0, 0.1) is 5.41 Å². The Hall–Kier alpha value is -0.120. The highest BCUT2D eigenvalue weighted by Crippen LogP contribution is 2.36. The van der Waals surface area contributed by atoms with E-state index < -0.39 is 0 Å². The van der Waals surface area contributed by atoms with Gasteiger partial charge < -0.3 is 9.84 Å². The lowest BCUT2D eigenvalue weighted by atomic mass is 9.80. The first-order valence-corrected chi connectivity index (χ1v) is 7.72. The molecule has 2 fully saturated rings. The normalized spacial score (nSPS) is 30.0. The zero-order chi connectivity index (χ0) is 12.8. The highest BCUT2D eigenvalue weighted by molar-refractivity contribution is 4.87. The standard InChI is InChI=1S/C15H29NO2/c1-2-14-11-18-10-9-16(14)12-15(13-17)7-5-3-4-6-8-15/h14,17H,2-13H2,1H3. The molecule has 1 saturated carbocycles. The summed E-state index contributed by atoms with van der Waals surface area (Å²) >= 11 is 0. The lowest BCUT2D eigenvalue weighted by Gasteiger charge is -2.42. The summed E-state index contributed by atoms with van der Waals surface area (Å²) in [6, 6.07) is 0.561. The van der Waals surface area contributed by atoms with Crippen LogP contribution in [0.3, 0.4) is 0 Å². The van der Waals surface area contributed by atoms with Gasteiger partial charge in [-0.3, -0.25) is 4.90 Å². The second-order valence-corrected chi connectivity index (χ2v) is 6.18. The van der Waals surface area contributed by atoms with Crippen LogP contribution in [0.15, 0.2) is 0 Å². The van der Waals surface area contributed by atoms with Crippen LogP contribution < -0.4 is 0 Å². The van der Waals surface area contributed by atoms with E-state index >= 15 is 0 Å². The van der Waals surface area contributed by atoms with Gasteiger partial charge in [0.1, 0.15) is 0 Å². The van der Waals surface area contributed by atoms with Gasteiger partial charge in [0.15, 0.2) is 0 Å². The second-order valence-electron chi connectivity index (χ2n) is 6.18. The Labute approximate surface area is 112 Å². The predicted molar refractivity (Wildman–Crippen MR) is 73.7 cm³/mol. The second kappa shape index (κ2) is 6.88. The first kappa shape index (κ1) is 14.3. The number of morpholine rings is 1. The summed E-state index contributed by atoms with van der Waals surface area (Å²) in [5.74, 6) is 0. The van der Waals surface area contributed by atoms with E-state index in [2.05, 4.69) is 11.8 Å². The molecule has 106 valence electrons. The maximum absolute atomic E-state index is 9.90. The van der Waals surface area contributed by atoms with Crippen molar-refractivity contribution in [2.45, 2.75) is 57.9 Å². The van der Waals surface area contributed by atoms with Gasteiger partial charge in [-0.25, -0.2) is 0 Å². The van der Waals surface area contributed by atoms with E-state index in [1.807, 2.05) is 0 Å². The number of hydrogen-bond donors (Lipinski definition) is 1. The Morgan fingerprint density at radius 1 is 1.22 bits per heavy atom. The van der Waals surface area contributed by atoms with Crippen LogP contribution in [-0.2, 0) is 4.74 Å². The Morgan fingerprint density at radius 2 is 1.94 bits per heavy atom. The predicted octanol–water partition coefficient (Wildman–Crippen LogP) is 2.43. The van der Waals surface area contributed by atoms with Crippen LogP contribution in [0.2, 0.25) is 0 Å². The molecular weight excluding hydrogens is 226 g/mol. The topological polar surface area (TPSA) is 32.7 Å². The number of rotatable bonds is 4. The zero-order valence-corrected chi connectivity index (χ0v) is 11.9. The molecule has 1 aliphatic heterocycles. The van der Waals surface area contributed by atoms with Crippen molar-refractivity contribution in [2.75, 3.05) is 32.9 Å². The van der Waals surface area contributed by atoms with Crippen LogP contribution in [-0.4, -0.2) is 49.0 Å². The molecule has 1 saturated heterocycles. The van der Waals surface area contributed by atoms with Crippen molar-refractivity contribution in [1.82, 2.24) is 4.90 Å². The molecule has 0 spiro atoms. The molecule has 3 nitrogen and oxygen atoms in total. The minimum absolute atomic E-state index is 0.168. The minimum Gasteiger partial charge on any atom is -0.396 e. The van der Waals surface area contributed by atoms with E-state index in [1.165, 1.54) is 38.5 Å². The molecule has 0 aromatic rings. The van der Waals surface area contributed by atoms with E-state index in [9.17, 15) is 5.11 Å². The van der Waals surface area contributed by atoms with E-state index in [4.69, 9.17) is 4.74 Å². The molecule has 3 heteroatoms. The molecule has 2 aliphatic rings. The Kier molecular flexibility index (Phi) is 5.46. The fourth-order valence-electron chi connectivity index (χ4n) is 3.55. The van der Waals surface area contributed by atoms with Crippen molar-refractivity contribution < 1.29 is 9.84 Å². The van der Waals surface area contributed by atoms with E-state index in [-0.39, 0.29) is 5.41 Å². The van der Waals surface area contributed by atoms with Crippen molar-refractivity contribution in [1.29, 1.82) is 0 Å². The lowest BCUT2D eigenvalue weighted by Crippen LogP contribution is -2.50. The molecule has 1 unspecified atom stereocenters. The highest BCUT2D eigenvalue weighted by Gasteiger charge is 2.35. The molecule has 0 amide bonds. The van der Waals surface area contributed by atoms with Gasteiger partial charge in [0.2, 0.25) is 0 Å². The first-order chi connectivity index (χ1) is 8.79. The van der Waals surface area contributed by atoms with Gasteiger partial charge >= 0.3 is 0 Å². The maximum Gasteiger partial charge on any atom is 0.0622 e. The smallest absolute Gasteiger partial charge is 0.0622 e. The molecule has 1 N–H and O–H groups in total. The fourth-order valence-corrected chi connectivity index (χ4v) is 3.55. The van der Waals surface area contributed by atoms with Gasteiger partial charge in [0, 0.05) is 31.2 Å². The number of nitrogens with zero attached hydrogens (tertiary/aromatic N) is 1. The third kappa shape index (κ3) is 3.46. The number of ether oxygens (including phenoxy) is 1. The quantitative estimate of drug-likeness (QED) is 0.783. The van der Waals surface area contributed by atoms with Gasteiger partial charge in [-0.1, -0.05) is 32.6 Å². The largest absolute Gasteiger partial charge is 0.396 e. The molecule has 0 aromatic heterocycles. The molecule has 1 atom stereocenters. The summed E-state index contributed by atoms with van der Waals surface area (Å²) in [5.41, 5.74) is 0.168. The van der Waals surface area contributed by atoms with Crippen molar-refractivity contribution >= 4 is 0 Å². The average molecular weight is 255 g/mol. The van der Waals surface area contributed by atoms with Crippen molar-refractivity contribution in [3.8, 4) is 0 Å². The van der Waals surface area contributed by atoms with Crippen molar-refractivity contribution in [3.05, 3.63) is 0 Å². The molecule has 0 aromatic carbocycles. The van der Waals surface area contributed by atoms with Gasteiger partial charge in [-0.15, -0.1) is 0 Å². The third-order valence-electron chi connectivity index (χ3n) is 4.86. The van der Waals surface area contributed by atoms with Crippen LogP contribution in [0.4, 0.5) is 0 Å². The Balaban J connectivity index is 1.98. The number of aliphatic hydroxyl groups is 1. The molecule has 18 heavy (non-hydrogen) atoms. The maximum atomic E-state index is 9.90.